The molecule has 4 amide bonds. The monoisotopic (exact) mass is 791 g/mol. The number of aromatic nitrogens is 1. The zero-order valence-electron chi connectivity index (χ0n) is 31.0. The van der Waals surface area contributed by atoms with E-state index in [2.05, 4.69) is 10.6 Å². The minimum atomic E-state index is -4.14. The average molecular weight is 792 g/mol. The van der Waals surface area contributed by atoms with E-state index >= 15 is 0 Å². The second kappa shape index (κ2) is 18.7. The van der Waals surface area contributed by atoms with Gasteiger partial charge in [-0.25, -0.2) is 9.59 Å². The van der Waals surface area contributed by atoms with Crippen molar-refractivity contribution in [2.24, 2.45) is 0 Å². The Balaban J connectivity index is 1.10. The quantitative estimate of drug-likeness (QED) is 0.0252. The van der Waals surface area contributed by atoms with Gasteiger partial charge in [-0.3, -0.25) is 23.7 Å². The normalized spacial score (nSPS) is 12.9. The molecule has 1 aliphatic heterocycles. The summed E-state index contributed by atoms with van der Waals surface area (Å²) in [6, 6.07) is 17.7. The maximum absolute atomic E-state index is 14.0. The van der Waals surface area contributed by atoms with E-state index in [9.17, 15) is 41.7 Å². The maximum atomic E-state index is 14.0. The topological polar surface area (TPSA) is 216 Å². The molecule has 5 rings (SSSR count). The van der Waals surface area contributed by atoms with Crippen LogP contribution in [0.4, 0.5) is 0 Å². The molecule has 1 aliphatic rings. The van der Waals surface area contributed by atoms with Crippen LogP contribution in [-0.2, 0) is 45.4 Å². The number of hydrogen-bond acceptors (Lipinski definition) is 11. The number of carbonyl (C=O) groups excluding carboxylic acids is 6. The van der Waals surface area contributed by atoms with Crippen molar-refractivity contribution < 1.29 is 60.6 Å². The van der Waals surface area contributed by atoms with E-state index in [-0.39, 0.29) is 83.2 Å². The van der Waals surface area contributed by atoms with Crippen molar-refractivity contribution in [3.63, 3.8) is 0 Å². The highest BCUT2D eigenvalue weighted by Gasteiger charge is 2.33. The van der Waals surface area contributed by atoms with E-state index in [0.717, 1.165) is 0 Å². The number of nitrogens with zero attached hydrogens (tertiary/aromatic N) is 2. The molecule has 1 aromatic heterocycles. The lowest BCUT2D eigenvalue weighted by Gasteiger charge is -2.15. The zero-order valence-corrected chi connectivity index (χ0v) is 31.8. The Morgan fingerprint density at radius 1 is 0.821 bits per heavy atom. The van der Waals surface area contributed by atoms with Crippen molar-refractivity contribution >= 4 is 67.5 Å². The summed E-state index contributed by atoms with van der Waals surface area (Å²) in [5.74, 6) is -3.28. The number of para-hydroxylation sites is 2. The Kier molecular flexibility index (Phi) is 13.8. The number of carbonyl (C=O) groups is 6. The number of nitrogens with one attached hydrogen (secondary N) is 2. The first kappa shape index (κ1) is 41.4. The first-order chi connectivity index (χ1) is 26.7. The molecular formula is C39H43N4O12S+. The molecule has 4 aromatic rings. The fraction of sp³-hybridized carbons (Fsp3) is 0.359. The smallest absolute Gasteiger partial charge is 0.345 e. The van der Waals surface area contributed by atoms with Gasteiger partial charge in [0.15, 0.2) is 6.54 Å². The van der Waals surface area contributed by atoms with E-state index in [1.165, 1.54) is 0 Å². The molecule has 16 nitrogen and oxygen atoms in total. The highest BCUT2D eigenvalue weighted by Crippen LogP contribution is 2.30. The van der Waals surface area contributed by atoms with Crippen LogP contribution in [0.3, 0.4) is 0 Å². The molecule has 0 atom stereocenters. The van der Waals surface area contributed by atoms with Crippen LogP contribution in [0.25, 0.3) is 21.8 Å². The summed E-state index contributed by atoms with van der Waals surface area (Å²) in [7, 11) is -4.14. The molecule has 1 fully saturated rings. The predicted octanol–water partition coefficient (Wildman–Crippen LogP) is 3.03. The zero-order chi connectivity index (χ0) is 40.4. The van der Waals surface area contributed by atoms with Crippen LogP contribution in [0.15, 0.2) is 60.7 Å². The van der Waals surface area contributed by atoms with E-state index in [4.69, 9.17) is 14.3 Å². The van der Waals surface area contributed by atoms with Gasteiger partial charge in [-0.2, -0.15) is 13.0 Å². The highest BCUT2D eigenvalue weighted by atomic mass is 32.2. The van der Waals surface area contributed by atoms with Gasteiger partial charge < -0.3 is 24.9 Å². The number of benzene rings is 3. The fourth-order valence-electron chi connectivity index (χ4n) is 6.36. The van der Waals surface area contributed by atoms with Crippen molar-refractivity contribution in [1.29, 1.82) is 0 Å². The molecule has 17 heteroatoms. The summed E-state index contributed by atoms with van der Waals surface area (Å²) in [5, 5.41) is 7.11. The predicted molar refractivity (Wildman–Crippen MR) is 201 cm³/mol. The van der Waals surface area contributed by atoms with E-state index in [0.29, 0.717) is 54.9 Å². The van der Waals surface area contributed by atoms with Gasteiger partial charge in [0, 0.05) is 62.9 Å². The molecule has 3 aromatic carbocycles. The maximum Gasteiger partial charge on any atom is 0.345 e. The van der Waals surface area contributed by atoms with Gasteiger partial charge in [0.2, 0.25) is 16.9 Å². The highest BCUT2D eigenvalue weighted by molar-refractivity contribution is 7.85. The first-order valence-electron chi connectivity index (χ1n) is 18.0. The SMILES string of the molecule is Cc1cc(C(=O)NCCOCCNC(=O)CCCC(=O)ON2C(=O)CCC2=O)cc(C)c1OC(=O)c1c2ccccc2[n+](CCCS(=O)(=O)O)c2ccccc12. The Bertz CT molecular complexity index is 2200. The third-order valence-corrected chi connectivity index (χ3v) is 9.72. The molecule has 0 spiro atoms. The number of fused-ring (bicyclic) bond motifs is 2. The van der Waals surface area contributed by atoms with Crippen LogP contribution < -0.4 is 19.9 Å². The number of ether oxygens (including phenoxy) is 2. The number of esters is 1. The van der Waals surface area contributed by atoms with Crippen LogP contribution in [0.5, 0.6) is 5.75 Å². The largest absolute Gasteiger partial charge is 0.422 e. The van der Waals surface area contributed by atoms with Crippen molar-refractivity contribution in [2.75, 3.05) is 32.1 Å². The lowest BCUT2D eigenvalue weighted by atomic mass is 10.0. The third kappa shape index (κ3) is 10.7. The molecular weight excluding hydrogens is 749 g/mol. The van der Waals surface area contributed by atoms with E-state index < -0.39 is 39.6 Å². The first-order valence-corrected chi connectivity index (χ1v) is 19.7. The molecule has 0 bridgehead atoms. The molecule has 0 saturated carbocycles. The number of hydroxylamine groups is 2. The van der Waals surface area contributed by atoms with Gasteiger partial charge in [0.1, 0.15) is 5.75 Å². The second-order valence-corrected chi connectivity index (χ2v) is 14.7. The standard InChI is InChI=1S/C39H42N4O12S/c1-25-23-27(38(48)41-18-21-53-20-17-40-32(44)13-7-14-35(47)55-43-33(45)15-16-34(43)46)24-26(2)37(25)54-39(49)36-28-9-3-5-11-30(28)42(19-8-22-56(50,51)52)31-12-6-4-10-29(31)36/h3-6,9-12,23-24H,7-8,13-22H2,1-2H3,(H2-,40,41,44,48,50,51,52)/p+1. The summed E-state index contributed by atoms with van der Waals surface area (Å²) in [6.07, 6.45) is 0.235. The molecule has 0 unspecified atom stereocenters. The lowest BCUT2D eigenvalue weighted by Crippen LogP contribution is -2.37. The van der Waals surface area contributed by atoms with Gasteiger partial charge in [-0.15, -0.1) is 5.06 Å². The summed E-state index contributed by atoms with van der Waals surface area (Å²) in [5.41, 5.74) is 3.19. The van der Waals surface area contributed by atoms with Crippen LogP contribution in [0.2, 0.25) is 0 Å². The molecule has 2 heterocycles. The van der Waals surface area contributed by atoms with Gasteiger partial charge in [0.05, 0.1) is 35.3 Å². The van der Waals surface area contributed by atoms with Gasteiger partial charge in [-0.1, -0.05) is 24.3 Å². The summed E-state index contributed by atoms with van der Waals surface area (Å²) >= 11 is 0. The lowest BCUT2D eigenvalue weighted by molar-refractivity contribution is -0.645. The number of imide groups is 1. The molecule has 0 radical (unpaired) electrons. The Morgan fingerprint density at radius 2 is 1.39 bits per heavy atom. The minimum Gasteiger partial charge on any atom is -0.422 e. The van der Waals surface area contributed by atoms with Crippen LogP contribution in [-0.4, -0.2) is 85.7 Å². The molecule has 56 heavy (non-hydrogen) atoms. The van der Waals surface area contributed by atoms with Crippen LogP contribution in [0, 0.1) is 13.8 Å². The molecule has 3 N–H and O–H groups in total. The third-order valence-electron chi connectivity index (χ3n) is 8.92. The van der Waals surface area contributed by atoms with E-state index in [1.807, 2.05) is 28.8 Å². The van der Waals surface area contributed by atoms with Gasteiger partial charge >= 0.3 is 11.9 Å². The summed E-state index contributed by atoms with van der Waals surface area (Å²) in [4.78, 5) is 78.6. The van der Waals surface area contributed by atoms with Crippen molar-refractivity contribution in [3.8, 4) is 5.75 Å². The number of hydrogen-bond donors (Lipinski definition) is 3. The van der Waals surface area contributed by atoms with Crippen LogP contribution >= 0.6 is 0 Å². The fourth-order valence-corrected chi connectivity index (χ4v) is 6.85. The minimum absolute atomic E-state index is 0.00181. The number of rotatable bonds is 18. The molecule has 0 aliphatic carbocycles. The Hall–Kier alpha value is -5.78. The Morgan fingerprint density at radius 3 is 1.98 bits per heavy atom. The molecule has 1 saturated heterocycles. The average Bonchev–Trinajstić information content (AvgIpc) is 3.46. The Labute approximate surface area is 322 Å². The number of pyridine rings is 1. The molecule has 296 valence electrons. The summed E-state index contributed by atoms with van der Waals surface area (Å²) in [6.45, 7) is 4.50. The second-order valence-electron chi connectivity index (χ2n) is 13.1. The van der Waals surface area contributed by atoms with Crippen LogP contribution in [0.1, 0.15) is 70.4 Å². The van der Waals surface area contributed by atoms with Crippen molar-refractivity contribution in [1.82, 2.24) is 15.7 Å². The van der Waals surface area contributed by atoms with Crippen molar-refractivity contribution in [2.45, 2.75) is 58.9 Å². The van der Waals surface area contributed by atoms with E-state index in [1.54, 1.807) is 50.2 Å². The summed E-state index contributed by atoms with van der Waals surface area (Å²) < 4.78 is 45.5. The van der Waals surface area contributed by atoms with Gasteiger partial charge in [-0.05, 0) is 55.7 Å². The van der Waals surface area contributed by atoms with Gasteiger partial charge in [0.25, 0.3) is 27.8 Å². The number of aryl methyl sites for hydroxylation is 3. The van der Waals surface area contributed by atoms with Crippen molar-refractivity contribution in [3.05, 3.63) is 82.9 Å². The number of amides is 4.